The van der Waals surface area contributed by atoms with E-state index < -0.39 is 3.79 Å². The molecular weight excluding hydrogens is 291 g/mol. The molecule has 18 heavy (non-hydrogen) atoms. The van der Waals surface area contributed by atoms with Crippen LogP contribution < -0.4 is 5.32 Å². The van der Waals surface area contributed by atoms with E-state index in [4.69, 9.17) is 34.8 Å². The lowest BCUT2D eigenvalue weighted by Gasteiger charge is -2.19. The van der Waals surface area contributed by atoms with Gasteiger partial charge in [0.25, 0.3) is 0 Å². The molecule has 3 rings (SSSR count). The number of hydrogen-bond acceptors (Lipinski definition) is 1. The van der Waals surface area contributed by atoms with Crippen LogP contribution in [-0.2, 0) is 6.42 Å². The van der Waals surface area contributed by atoms with E-state index in [0.29, 0.717) is 0 Å². The number of hydrogen-bond donors (Lipinski definition) is 2. The first kappa shape index (κ1) is 12.2. The molecule has 94 valence electrons. The minimum atomic E-state index is -1.39. The van der Waals surface area contributed by atoms with Gasteiger partial charge in [-0.2, -0.15) is 0 Å². The summed E-state index contributed by atoms with van der Waals surface area (Å²) in [5.74, 6) is 0. The maximum atomic E-state index is 5.83. The highest BCUT2D eigenvalue weighted by molar-refractivity contribution is 6.69. The number of nitrogens with one attached hydrogen (secondary N) is 2. The van der Waals surface area contributed by atoms with E-state index in [1.54, 1.807) is 6.08 Å². The van der Waals surface area contributed by atoms with Gasteiger partial charge in [-0.15, -0.1) is 0 Å². The number of halogens is 3. The number of allylic oxidation sites excluding steroid dienone is 1. The molecule has 0 saturated heterocycles. The third kappa shape index (κ3) is 2.20. The molecule has 0 amide bonds. The average molecular weight is 302 g/mol. The topological polar surface area (TPSA) is 27.8 Å². The second kappa shape index (κ2) is 4.37. The van der Waals surface area contributed by atoms with Crippen molar-refractivity contribution in [2.45, 2.75) is 10.2 Å². The van der Waals surface area contributed by atoms with E-state index in [9.17, 15) is 0 Å². The predicted molar refractivity (Wildman–Crippen MR) is 78.3 cm³/mol. The van der Waals surface area contributed by atoms with Gasteiger partial charge in [-0.25, -0.2) is 0 Å². The summed E-state index contributed by atoms with van der Waals surface area (Å²) in [6, 6.07) is 8.22. The summed E-state index contributed by atoms with van der Waals surface area (Å²) in [5, 5.41) is 4.51. The Kier molecular flexibility index (Phi) is 2.97. The molecule has 5 heteroatoms. The van der Waals surface area contributed by atoms with Crippen LogP contribution in [0.5, 0.6) is 0 Å². The minimum absolute atomic E-state index is 0.849. The number of aromatic amines is 1. The van der Waals surface area contributed by atoms with Crippen LogP contribution in [0.4, 0.5) is 0 Å². The van der Waals surface area contributed by atoms with Gasteiger partial charge in [0.2, 0.25) is 3.79 Å². The number of rotatable bonds is 0. The predicted octanol–water partition coefficient (Wildman–Crippen LogP) is 4.02. The number of fused-ring (bicyclic) bond motifs is 3. The fourth-order valence-electron chi connectivity index (χ4n) is 2.39. The van der Waals surface area contributed by atoms with Gasteiger partial charge in [0.1, 0.15) is 0 Å². The summed E-state index contributed by atoms with van der Waals surface area (Å²) in [5.41, 5.74) is 4.27. The lowest BCUT2D eigenvalue weighted by Crippen LogP contribution is -2.23. The molecule has 0 aliphatic carbocycles. The Balaban J connectivity index is 2.20. The second-order valence-corrected chi connectivity index (χ2v) is 6.67. The molecule has 0 unspecified atom stereocenters. The van der Waals surface area contributed by atoms with Gasteiger partial charge in [-0.3, -0.25) is 0 Å². The molecule has 2 aromatic rings. The van der Waals surface area contributed by atoms with Crippen LogP contribution in [0.1, 0.15) is 11.3 Å². The fraction of sp³-hybridized carbons (Fsp3) is 0.231. The molecule has 0 bridgehead atoms. The Morgan fingerprint density at radius 3 is 2.72 bits per heavy atom. The molecule has 0 atom stereocenters. The van der Waals surface area contributed by atoms with Crippen LogP contribution in [0.25, 0.3) is 16.6 Å². The van der Waals surface area contributed by atoms with Gasteiger partial charge < -0.3 is 10.3 Å². The van der Waals surface area contributed by atoms with Crippen molar-refractivity contribution in [3.05, 3.63) is 41.6 Å². The molecular formula is C13H11Cl3N2. The van der Waals surface area contributed by atoms with Gasteiger partial charge >= 0.3 is 0 Å². The number of benzene rings is 1. The standard InChI is InChI=1S/C13H11Cl3N2/c14-13(15,16)7-11-12-9(5-6-17-11)8-3-1-2-4-10(8)18-12/h1-4,7,17-18H,5-6H2/b11-7-. The molecule has 1 aliphatic rings. The zero-order valence-electron chi connectivity index (χ0n) is 9.43. The van der Waals surface area contributed by atoms with E-state index >= 15 is 0 Å². The maximum absolute atomic E-state index is 5.83. The molecule has 1 aliphatic heterocycles. The highest BCUT2D eigenvalue weighted by Gasteiger charge is 2.23. The highest BCUT2D eigenvalue weighted by atomic mass is 35.6. The second-order valence-electron chi connectivity index (χ2n) is 4.30. The summed E-state index contributed by atoms with van der Waals surface area (Å²) >= 11 is 17.5. The molecule has 2 N–H and O–H groups in total. The van der Waals surface area contributed by atoms with Crippen molar-refractivity contribution in [1.82, 2.24) is 10.3 Å². The average Bonchev–Trinajstić information content (AvgIpc) is 2.67. The SMILES string of the molecule is ClC(Cl)(Cl)/C=C1\NCCc2c1[nH]c1ccccc21. The molecule has 0 radical (unpaired) electrons. The van der Waals surface area contributed by atoms with E-state index in [1.165, 1.54) is 10.9 Å². The first-order valence-corrected chi connectivity index (χ1v) is 6.81. The Labute approximate surface area is 120 Å². The van der Waals surface area contributed by atoms with Gasteiger partial charge in [-0.1, -0.05) is 53.0 Å². The van der Waals surface area contributed by atoms with Crippen molar-refractivity contribution >= 4 is 51.4 Å². The first-order valence-electron chi connectivity index (χ1n) is 5.68. The van der Waals surface area contributed by atoms with Crippen LogP contribution in [0.2, 0.25) is 0 Å². The number of H-pyrrole nitrogens is 1. The largest absolute Gasteiger partial charge is 0.383 e. The summed E-state index contributed by atoms with van der Waals surface area (Å²) < 4.78 is -1.39. The van der Waals surface area contributed by atoms with Crippen LogP contribution in [0.3, 0.4) is 0 Å². The van der Waals surface area contributed by atoms with Crippen LogP contribution in [0, 0.1) is 0 Å². The molecule has 0 fully saturated rings. The normalized spacial score (nSPS) is 17.8. The highest BCUT2D eigenvalue weighted by Crippen LogP contribution is 2.34. The maximum Gasteiger partial charge on any atom is 0.211 e. The van der Waals surface area contributed by atoms with Gasteiger partial charge in [0.15, 0.2) is 0 Å². The van der Waals surface area contributed by atoms with Crippen molar-refractivity contribution < 1.29 is 0 Å². The Hall–Kier alpha value is -0.830. The quantitative estimate of drug-likeness (QED) is 0.707. The van der Waals surface area contributed by atoms with E-state index in [0.717, 1.165) is 29.9 Å². The number of alkyl halides is 3. The van der Waals surface area contributed by atoms with Crippen LogP contribution in [-0.4, -0.2) is 15.3 Å². The van der Waals surface area contributed by atoms with Gasteiger partial charge in [-0.05, 0) is 24.1 Å². The fourth-order valence-corrected chi connectivity index (χ4v) is 2.71. The Bertz CT molecular complexity index is 623. The van der Waals surface area contributed by atoms with Crippen molar-refractivity contribution in [3.8, 4) is 0 Å². The summed E-state index contributed by atoms with van der Waals surface area (Å²) in [6.07, 6.45) is 2.58. The van der Waals surface area contributed by atoms with Crippen molar-refractivity contribution in [2.75, 3.05) is 6.54 Å². The molecule has 0 saturated carbocycles. The van der Waals surface area contributed by atoms with Gasteiger partial charge in [0, 0.05) is 17.4 Å². The van der Waals surface area contributed by atoms with Gasteiger partial charge in [0.05, 0.1) is 11.4 Å². The molecule has 1 aromatic carbocycles. The van der Waals surface area contributed by atoms with E-state index in [-0.39, 0.29) is 0 Å². The van der Waals surface area contributed by atoms with Crippen LogP contribution in [0.15, 0.2) is 30.3 Å². The zero-order chi connectivity index (χ0) is 12.8. The monoisotopic (exact) mass is 300 g/mol. The molecule has 0 spiro atoms. The molecule has 1 aromatic heterocycles. The summed E-state index contributed by atoms with van der Waals surface area (Å²) in [6.45, 7) is 0.849. The van der Waals surface area contributed by atoms with E-state index in [2.05, 4.69) is 22.4 Å². The lowest BCUT2D eigenvalue weighted by atomic mass is 10.0. The zero-order valence-corrected chi connectivity index (χ0v) is 11.7. The third-order valence-corrected chi connectivity index (χ3v) is 3.41. The van der Waals surface area contributed by atoms with Crippen LogP contribution >= 0.6 is 34.8 Å². The summed E-state index contributed by atoms with van der Waals surface area (Å²) in [4.78, 5) is 3.38. The van der Waals surface area contributed by atoms with Crippen molar-refractivity contribution in [1.29, 1.82) is 0 Å². The third-order valence-electron chi connectivity index (χ3n) is 3.08. The summed E-state index contributed by atoms with van der Waals surface area (Å²) in [7, 11) is 0. The van der Waals surface area contributed by atoms with Crippen molar-refractivity contribution in [3.63, 3.8) is 0 Å². The van der Waals surface area contributed by atoms with E-state index in [1.807, 2.05) is 12.1 Å². The smallest absolute Gasteiger partial charge is 0.211 e. The molecule has 2 nitrogen and oxygen atoms in total. The number of aromatic nitrogens is 1. The lowest BCUT2D eigenvalue weighted by molar-refractivity contribution is 0.812. The van der Waals surface area contributed by atoms with Crippen molar-refractivity contribution in [2.24, 2.45) is 0 Å². The first-order chi connectivity index (χ1) is 8.54. The Morgan fingerprint density at radius 1 is 1.17 bits per heavy atom. The minimum Gasteiger partial charge on any atom is -0.383 e. The Morgan fingerprint density at radius 2 is 1.94 bits per heavy atom. The number of para-hydroxylation sites is 1. The molecule has 2 heterocycles.